The van der Waals surface area contributed by atoms with Crippen molar-refractivity contribution < 1.29 is 13.6 Å². The highest BCUT2D eigenvalue weighted by Gasteiger charge is 2.39. The molecule has 0 radical (unpaired) electrons. The molecule has 0 aromatic heterocycles. The molecule has 1 amide bonds. The summed E-state index contributed by atoms with van der Waals surface area (Å²) in [5.41, 5.74) is -0.296. The van der Waals surface area contributed by atoms with Crippen LogP contribution in [-0.4, -0.2) is 36.5 Å². The molecule has 1 aromatic carbocycles. The summed E-state index contributed by atoms with van der Waals surface area (Å²) < 4.78 is 26.5. The molecule has 1 aromatic rings. The first-order chi connectivity index (χ1) is 11.4. The van der Waals surface area contributed by atoms with Crippen molar-refractivity contribution in [2.75, 3.05) is 25.0 Å². The maximum Gasteiger partial charge on any atom is 0.243 e. The van der Waals surface area contributed by atoms with Crippen molar-refractivity contribution in [1.29, 1.82) is 5.26 Å². The van der Waals surface area contributed by atoms with Crippen LogP contribution in [0, 0.1) is 23.0 Å². The lowest BCUT2D eigenvalue weighted by atomic mass is 9.81. The molecule has 6 heteroatoms. The molecule has 0 atom stereocenters. The SMILES string of the molecule is CCN(CC(=O)N(C)C1(C#N)CCCCC1)c1ccc(F)c(F)c1. The van der Waals surface area contributed by atoms with Gasteiger partial charge in [-0.3, -0.25) is 4.79 Å². The summed E-state index contributed by atoms with van der Waals surface area (Å²) in [6.07, 6.45) is 4.32. The largest absolute Gasteiger partial charge is 0.362 e. The number of halogens is 2. The van der Waals surface area contributed by atoms with E-state index in [1.165, 1.54) is 11.0 Å². The Hall–Kier alpha value is -2.16. The van der Waals surface area contributed by atoms with E-state index in [2.05, 4.69) is 6.07 Å². The molecule has 2 rings (SSSR count). The van der Waals surface area contributed by atoms with Gasteiger partial charge in [-0.2, -0.15) is 5.26 Å². The number of anilines is 1. The Morgan fingerprint density at radius 3 is 2.46 bits per heavy atom. The van der Waals surface area contributed by atoms with Gasteiger partial charge in [-0.1, -0.05) is 19.3 Å². The minimum absolute atomic E-state index is 0.0293. The highest BCUT2D eigenvalue weighted by molar-refractivity contribution is 5.82. The third kappa shape index (κ3) is 3.66. The van der Waals surface area contributed by atoms with Crippen molar-refractivity contribution in [2.45, 2.75) is 44.6 Å². The van der Waals surface area contributed by atoms with Gasteiger partial charge >= 0.3 is 0 Å². The fourth-order valence-corrected chi connectivity index (χ4v) is 3.23. The zero-order chi connectivity index (χ0) is 17.7. The van der Waals surface area contributed by atoms with Gasteiger partial charge < -0.3 is 9.80 Å². The van der Waals surface area contributed by atoms with Crippen LogP contribution in [0.5, 0.6) is 0 Å². The van der Waals surface area contributed by atoms with E-state index in [0.717, 1.165) is 31.4 Å². The molecule has 4 nitrogen and oxygen atoms in total. The first-order valence-corrected chi connectivity index (χ1v) is 8.31. The smallest absolute Gasteiger partial charge is 0.243 e. The van der Waals surface area contributed by atoms with E-state index < -0.39 is 17.2 Å². The molecular formula is C18H23F2N3O. The van der Waals surface area contributed by atoms with Crippen LogP contribution in [-0.2, 0) is 4.79 Å². The molecule has 1 saturated carbocycles. The molecule has 24 heavy (non-hydrogen) atoms. The first kappa shape index (κ1) is 18.2. The Bertz CT molecular complexity index is 636. The molecule has 0 bridgehead atoms. The number of carbonyl (C=O) groups is 1. The van der Waals surface area contributed by atoms with Gasteiger partial charge in [0.2, 0.25) is 5.91 Å². The highest BCUT2D eigenvalue weighted by Crippen LogP contribution is 2.32. The van der Waals surface area contributed by atoms with Crippen molar-refractivity contribution in [3.8, 4) is 6.07 Å². The van der Waals surface area contributed by atoms with Gasteiger partial charge in [0.25, 0.3) is 0 Å². The maximum absolute atomic E-state index is 13.4. The maximum atomic E-state index is 13.4. The van der Waals surface area contributed by atoms with Crippen molar-refractivity contribution in [3.05, 3.63) is 29.8 Å². The Labute approximate surface area is 141 Å². The summed E-state index contributed by atoms with van der Waals surface area (Å²) >= 11 is 0. The molecule has 0 heterocycles. The Kier molecular flexibility index (Phi) is 5.76. The molecule has 1 aliphatic carbocycles. The van der Waals surface area contributed by atoms with Crippen molar-refractivity contribution in [2.24, 2.45) is 0 Å². The number of carbonyl (C=O) groups excluding carboxylic acids is 1. The number of benzene rings is 1. The Morgan fingerprint density at radius 1 is 1.25 bits per heavy atom. The molecule has 0 saturated heterocycles. The molecule has 130 valence electrons. The van der Waals surface area contributed by atoms with E-state index in [0.29, 0.717) is 25.1 Å². The fourth-order valence-electron chi connectivity index (χ4n) is 3.23. The second-order valence-corrected chi connectivity index (χ2v) is 6.27. The summed E-state index contributed by atoms with van der Waals surface area (Å²) in [5, 5.41) is 9.59. The quantitative estimate of drug-likeness (QED) is 0.828. The summed E-state index contributed by atoms with van der Waals surface area (Å²) in [6, 6.07) is 5.92. The predicted octanol–water partition coefficient (Wildman–Crippen LogP) is 3.48. The zero-order valence-electron chi connectivity index (χ0n) is 14.2. The number of rotatable bonds is 5. The molecular weight excluding hydrogens is 312 g/mol. The van der Waals surface area contributed by atoms with Crippen LogP contribution in [0.4, 0.5) is 14.5 Å². The lowest BCUT2D eigenvalue weighted by Crippen LogP contribution is -2.52. The van der Waals surface area contributed by atoms with Crippen LogP contribution < -0.4 is 4.90 Å². The van der Waals surface area contributed by atoms with Gasteiger partial charge in [-0.05, 0) is 31.9 Å². The van der Waals surface area contributed by atoms with Gasteiger partial charge in [0, 0.05) is 25.3 Å². The van der Waals surface area contributed by atoms with Gasteiger partial charge in [0.1, 0.15) is 5.54 Å². The fraction of sp³-hybridized carbons (Fsp3) is 0.556. The van der Waals surface area contributed by atoms with Gasteiger partial charge in [-0.25, -0.2) is 8.78 Å². The number of hydrogen-bond acceptors (Lipinski definition) is 3. The van der Waals surface area contributed by atoms with E-state index in [4.69, 9.17) is 0 Å². The Balaban J connectivity index is 2.13. The monoisotopic (exact) mass is 335 g/mol. The number of hydrogen-bond donors (Lipinski definition) is 0. The normalized spacial score (nSPS) is 16.3. The lowest BCUT2D eigenvalue weighted by Gasteiger charge is -2.40. The van der Waals surface area contributed by atoms with E-state index in [1.54, 1.807) is 11.9 Å². The topological polar surface area (TPSA) is 47.3 Å². The second kappa shape index (κ2) is 7.61. The minimum Gasteiger partial charge on any atom is -0.362 e. The molecule has 0 N–H and O–H groups in total. The third-order valence-corrected chi connectivity index (χ3v) is 4.88. The highest BCUT2D eigenvalue weighted by atomic mass is 19.2. The standard InChI is InChI=1S/C18H23F2N3O/c1-3-23(14-7-8-15(19)16(20)11-14)12-17(24)22(2)18(13-21)9-5-4-6-10-18/h7-8,11H,3-6,9-10,12H2,1-2H3. The number of nitriles is 1. The number of likely N-dealkylation sites (N-methyl/N-ethyl adjacent to an activating group) is 2. The molecule has 0 unspecified atom stereocenters. The van der Waals surface area contributed by atoms with E-state index in [1.807, 2.05) is 6.92 Å². The first-order valence-electron chi connectivity index (χ1n) is 8.31. The second-order valence-electron chi connectivity index (χ2n) is 6.27. The summed E-state index contributed by atoms with van der Waals surface area (Å²) in [7, 11) is 1.66. The average molecular weight is 335 g/mol. The van der Waals surface area contributed by atoms with Crippen molar-refractivity contribution >= 4 is 11.6 Å². The average Bonchev–Trinajstić information content (AvgIpc) is 2.61. The van der Waals surface area contributed by atoms with Gasteiger partial charge in [0.15, 0.2) is 11.6 Å². The van der Waals surface area contributed by atoms with Crippen LogP contribution >= 0.6 is 0 Å². The summed E-state index contributed by atoms with van der Waals surface area (Å²) in [5.74, 6) is -2.04. The van der Waals surface area contributed by atoms with E-state index in [-0.39, 0.29) is 12.5 Å². The van der Waals surface area contributed by atoms with E-state index >= 15 is 0 Å². The van der Waals surface area contributed by atoms with E-state index in [9.17, 15) is 18.8 Å². The molecule has 0 spiro atoms. The predicted molar refractivity (Wildman–Crippen MR) is 88.4 cm³/mol. The van der Waals surface area contributed by atoms with Crippen LogP contribution in [0.3, 0.4) is 0 Å². The zero-order valence-corrected chi connectivity index (χ0v) is 14.2. The van der Waals surface area contributed by atoms with Crippen molar-refractivity contribution in [1.82, 2.24) is 4.90 Å². The van der Waals surface area contributed by atoms with Crippen LogP contribution in [0.2, 0.25) is 0 Å². The summed E-state index contributed by atoms with van der Waals surface area (Å²) in [4.78, 5) is 15.9. The van der Waals surface area contributed by atoms with Crippen LogP contribution in [0.15, 0.2) is 18.2 Å². The lowest BCUT2D eigenvalue weighted by molar-refractivity contribution is -0.133. The Morgan fingerprint density at radius 2 is 1.92 bits per heavy atom. The summed E-state index contributed by atoms with van der Waals surface area (Å²) in [6.45, 7) is 2.35. The molecule has 1 aliphatic rings. The number of amides is 1. The van der Waals surface area contributed by atoms with Crippen molar-refractivity contribution in [3.63, 3.8) is 0 Å². The van der Waals surface area contributed by atoms with Crippen LogP contribution in [0.25, 0.3) is 0 Å². The van der Waals surface area contributed by atoms with Crippen LogP contribution in [0.1, 0.15) is 39.0 Å². The third-order valence-electron chi connectivity index (χ3n) is 4.88. The minimum atomic E-state index is -0.937. The van der Waals surface area contributed by atoms with Gasteiger partial charge in [-0.15, -0.1) is 0 Å². The van der Waals surface area contributed by atoms with Gasteiger partial charge in [0.05, 0.1) is 12.6 Å². The number of nitrogens with zero attached hydrogens (tertiary/aromatic N) is 3. The molecule has 0 aliphatic heterocycles. The molecule has 1 fully saturated rings.